The Balaban J connectivity index is 1.73. The van der Waals surface area contributed by atoms with Gasteiger partial charge in [-0.05, 0) is 55.9 Å². The highest BCUT2D eigenvalue weighted by Gasteiger charge is 2.73. The largest absolute Gasteiger partial charge is 0.384 e. The van der Waals surface area contributed by atoms with Gasteiger partial charge in [-0.2, -0.15) is 8.42 Å². The maximum absolute atomic E-state index is 17.0. The van der Waals surface area contributed by atoms with Crippen LogP contribution in [0.5, 0.6) is 0 Å². The van der Waals surface area contributed by atoms with Gasteiger partial charge < -0.3 is 10.2 Å². The second-order valence-electron chi connectivity index (χ2n) is 11.0. The van der Waals surface area contributed by atoms with E-state index < -0.39 is 79.2 Å². The molecule has 4 rings (SSSR count). The predicted molar refractivity (Wildman–Crippen MR) is 114 cm³/mol. The zero-order valence-corrected chi connectivity index (χ0v) is 19.8. The molecule has 0 amide bonds. The first-order valence-electron chi connectivity index (χ1n) is 11.4. The molecule has 0 saturated heterocycles. The fourth-order valence-electron chi connectivity index (χ4n) is 7.75. The van der Waals surface area contributed by atoms with Gasteiger partial charge in [-0.15, -0.1) is 0 Å². The number of allylic oxidation sites excluding steroid dienone is 1. The summed E-state index contributed by atoms with van der Waals surface area (Å²) in [7, 11) is -4.66. The Morgan fingerprint density at radius 1 is 1.24 bits per heavy atom. The highest BCUT2D eigenvalue weighted by Crippen LogP contribution is 2.71. The van der Waals surface area contributed by atoms with Gasteiger partial charge in [0.15, 0.2) is 5.78 Å². The van der Waals surface area contributed by atoms with Crippen molar-refractivity contribution in [2.45, 2.75) is 76.7 Å². The first-order chi connectivity index (χ1) is 15.0. The Bertz CT molecular complexity index is 1070. The van der Waals surface area contributed by atoms with Crippen molar-refractivity contribution in [3.63, 3.8) is 0 Å². The van der Waals surface area contributed by atoms with Gasteiger partial charge in [0, 0.05) is 17.3 Å². The summed E-state index contributed by atoms with van der Waals surface area (Å²) in [5, 5.41) is 21.9. The Kier molecular flexibility index (Phi) is 5.42. The minimum atomic E-state index is -4.66. The fourth-order valence-corrected chi connectivity index (χ4v) is 8.30. The number of carbonyl (C=O) groups is 3. The van der Waals surface area contributed by atoms with E-state index in [0.29, 0.717) is 18.4 Å². The average molecular weight is 487 g/mol. The number of carbonyl (C=O) groups excluding carboxylic acids is 3. The number of Topliss-reactive ketones (excluding diaryl/α,β-unsaturated/α-hetero) is 2. The first-order valence-corrected chi connectivity index (χ1v) is 13.0. The van der Waals surface area contributed by atoms with Gasteiger partial charge >= 0.3 is 0 Å². The minimum Gasteiger partial charge on any atom is -0.384 e. The van der Waals surface area contributed by atoms with E-state index in [1.54, 1.807) is 20.8 Å². The van der Waals surface area contributed by atoms with Gasteiger partial charge in [-0.25, -0.2) is 4.39 Å². The van der Waals surface area contributed by atoms with Crippen LogP contribution in [0, 0.1) is 28.6 Å². The van der Waals surface area contributed by atoms with Gasteiger partial charge in [0.2, 0.25) is 11.6 Å². The van der Waals surface area contributed by atoms with Crippen molar-refractivity contribution in [2.24, 2.45) is 28.6 Å². The summed E-state index contributed by atoms with van der Waals surface area (Å²) < 4.78 is 48.5. The summed E-state index contributed by atoms with van der Waals surface area (Å²) in [6, 6.07) is 0. The third-order valence-electron chi connectivity index (χ3n) is 9.58. The molecule has 4 aliphatic rings. The van der Waals surface area contributed by atoms with Crippen LogP contribution in [0.3, 0.4) is 0 Å². The van der Waals surface area contributed by atoms with E-state index >= 15 is 4.39 Å². The molecule has 0 spiro atoms. The fraction of sp³-hybridized carbons (Fsp3) is 0.783. The Morgan fingerprint density at radius 3 is 2.48 bits per heavy atom. The molecule has 4 aliphatic carbocycles. The molecule has 0 aromatic heterocycles. The van der Waals surface area contributed by atoms with E-state index in [1.807, 2.05) is 0 Å². The molecule has 8 nitrogen and oxygen atoms in total. The average Bonchev–Trinajstić information content (AvgIpc) is 2.90. The lowest BCUT2D eigenvalue weighted by molar-refractivity contribution is -0.191. The predicted octanol–water partition coefficient (Wildman–Crippen LogP) is 1.58. The summed E-state index contributed by atoms with van der Waals surface area (Å²) in [4.78, 5) is 37.4. The maximum atomic E-state index is 17.0. The van der Waals surface area contributed by atoms with Crippen LogP contribution in [0.15, 0.2) is 11.6 Å². The van der Waals surface area contributed by atoms with Crippen LogP contribution < -0.4 is 0 Å². The Labute approximate surface area is 192 Å². The van der Waals surface area contributed by atoms with E-state index in [4.69, 9.17) is 4.55 Å². The van der Waals surface area contributed by atoms with Gasteiger partial charge in [-0.3, -0.25) is 18.9 Å². The highest BCUT2D eigenvalue weighted by atomic mass is 32.2. The molecule has 3 fully saturated rings. The number of hydrogen-bond donors (Lipinski definition) is 3. The second kappa shape index (κ2) is 7.26. The summed E-state index contributed by atoms with van der Waals surface area (Å²) in [5.74, 6) is -5.24. The van der Waals surface area contributed by atoms with E-state index in [9.17, 15) is 33.0 Å². The molecule has 8 atom stereocenters. The summed E-state index contributed by atoms with van der Waals surface area (Å²) in [6.07, 6.45) is 0.113. The van der Waals surface area contributed by atoms with Crippen molar-refractivity contribution < 1.29 is 42.0 Å². The minimum absolute atomic E-state index is 0.0450. The van der Waals surface area contributed by atoms with Crippen molar-refractivity contribution in [2.75, 3.05) is 5.75 Å². The third-order valence-corrected chi connectivity index (χ3v) is 10.3. The summed E-state index contributed by atoms with van der Waals surface area (Å²) in [6.45, 7) is 4.99. The second-order valence-corrected chi connectivity index (χ2v) is 12.5. The van der Waals surface area contributed by atoms with E-state index in [0.717, 1.165) is 0 Å². The van der Waals surface area contributed by atoms with Crippen molar-refractivity contribution in [1.82, 2.24) is 0 Å². The lowest BCUT2D eigenvalue weighted by atomic mass is 9.44. The van der Waals surface area contributed by atoms with Gasteiger partial charge in [0.05, 0.1) is 0 Å². The molecular formula is C23H31FO8S. The highest BCUT2D eigenvalue weighted by molar-refractivity contribution is 7.85. The van der Waals surface area contributed by atoms with Gasteiger partial charge in [-0.1, -0.05) is 26.3 Å². The maximum Gasteiger partial charge on any atom is 0.267 e. The summed E-state index contributed by atoms with van der Waals surface area (Å²) in [5.41, 5.74) is -5.54. The van der Waals surface area contributed by atoms with Crippen LogP contribution >= 0.6 is 0 Å². The standard InChI is InChI=1S/C23H31FO8S/c1-12-8-15-14-5-4-13-9-16(25)17(26)10-21(13,3)22(14,24)7-6-20(15,2)23(12,29)19(28)18(27)11-33(30,31)32/h9,12,14-15,18,27,29H,4-8,10-11H2,1-3H3,(H,30,31,32)/t12?,14-,15-,18?,20-,21-,22+,23-/m0/s1. The van der Waals surface area contributed by atoms with Crippen LogP contribution in [-0.2, 0) is 24.5 Å². The number of aliphatic hydroxyl groups excluding tert-OH is 1. The SMILES string of the molecule is CC1C[C@H]2[C@@H]3CCC4=CC(=O)C(=O)C[C@]4(C)[C@@]3(F)CC[C@]2(C)[C@@]1(O)C(=O)C(O)CS(=O)(=O)O. The van der Waals surface area contributed by atoms with Crippen LogP contribution in [0.1, 0.15) is 59.3 Å². The summed E-state index contributed by atoms with van der Waals surface area (Å²) >= 11 is 0. The Hall–Kier alpha value is -1.49. The van der Waals surface area contributed by atoms with Crippen molar-refractivity contribution >= 4 is 27.5 Å². The monoisotopic (exact) mass is 486 g/mol. The normalized spacial score (nSPS) is 46.2. The molecule has 3 saturated carbocycles. The zero-order valence-electron chi connectivity index (χ0n) is 19.0. The molecule has 0 aliphatic heterocycles. The zero-order chi connectivity index (χ0) is 24.8. The molecule has 3 N–H and O–H groups in total. The molecule has 10 heteroatoms. The van der Waals surface area contributed by atoms with Crippen LogP contribution in [0.4, 0.5) is 4.39 Å². The molecule has 0 bridgehead atoms. The van der Waals surface area contributed by atoms with Crippen LogP contribution in [-0.4, -0.2) is 63.7 Å². The van der Waals surface area contributed by atoms with Crippen LogP contribution in [0.2, 0.25) is 0 Å². The lowest BCUT2D eigenvalue weighted by Crippen LogP contribution is -2.65. The quantitative estimate of drug-likeness (QED) is 0.401. The number of rotatable bonds is 4. The first kappa shape index (κ1) is 24.6. The van der Waals surface area contributed by atoms with E-state index in [2.05, 4.69) is 0 Å². The van der Waals surface area contributed by atoms with E-state index in [-0.39, 0.29) is 25.7 Å². The molecule has 0 aromatic carbocycles. The molecule has 0 aromatic rings. The van der Waals surface area contributed by atoms with Crippen molar-refractivity contribution in [1.29, 1.82) is 0 Å². The Morgan fingerprint density at radius 2 is 1.88 bits per heavy atom. The number of hydrogen-bond acceptors (Lipinski definition) is 7. The number of halogens is 1. The molecule has 33 heavy (non-hydrogen) atoms. The van der Waals surface area contributed by atoms with Crippen LogP contribution in [0.25, 0.3) is 0 Å². The van der Waals surface area contributed by atoms with Gasteiger partial charge in [0.25, 0.3) is 10.1 Å². The number of aliphatic hydroxyl groups is 2. The number of alkyl halides is 1. The molecule has 184 valence electrons. The topological polar surface area (TPSA) is 146 Å². The van der Waals surface area contributed by atoms with E-state index in [1.165, 1.54) is 6.08 Å². The van der Waals surface area contributed by atoms with Gasteiger partial charge in [0.1, 0.15) is 23.1 Å². The lowest BCUT2D eigenvalue weighted by Gasteiger charge is -2.61. The molecular weight excluding hydrogens is 455 g/mol. The van der Waals surface area contributed by atoms with Crippen molar-refractivity contribution in [3.8, 4) is 0 Å². The molecule has 0 radical (unpaired) electrons. The number of fused-ring (bicyclic) bond motifs is 5. The molecule has 2 unspecified atom stereocenters. The van der Waals surface area contributed by atoms with Crippen molar-refractivity contribution in [3.05, 3.63) is 11.6 Å². The smallest absolute Gasteiger partial charge is 0.267 e. The molecule has 0 heterocycles. The third kappa shape index (κ3) is 3.17. The number of ketones is 3.